The molecule has 1 fully saturated rings. The van der Waals surface area contributed by atoms with Gasteiger partial charge in [0.25, 0.3) is 5.91 Å². The lowest BCUT2D eigenvalue weighted by molar-refractivity contribution is 0.0825. The molecule has 0 bridgehead atoms. The summed E-state index contributed by atoms with van der Waals surface area (Å²) >= 11 is 0. The number of benzene rings is 2. The number of para-hydroxylation sites is 2. The molecule has 1 saturated heterocycles. The zero-order valence-corrected chi connectivity index (χ0v) is 17.9. The molecule has 7 heteroatoms. The van der Waals surface area contributed by atoms with Gasteiger partial charge in [-0.15, -0.1) is 0 Å². The van der Waals surface area contributed by atoms with Crippen LogP contribution in [0.2, 0.25) is 0 Å². The summed E-state index contributed by atoms with van der Waals surface area (Å²) in [6.45, 7) is 1.21. The Kier molecular flexibility index (Phi) is 6.02. The zero-order chi connectivity index (χ0) is 21.8. The molecule has 31 heavy (non-hydrogen) atoms. The van der Waals surface area contributed by atoms with Crippen LogP contribution < -0.4 is 4.90 Å². The molecule has 2 heterocycles. The second-order valence-corrected chi connectivity index (χ2v) is 7.97. The third kappa shape index (κ3) is 4.30. The van der Waals surface area contributed by atoms with E-state index in [1.165, 1.54) is 0 Å². The first-order chi connectivity index (χ1) is 15.1. The van der Waals surface area contributed by atoms with Crippen LogP contribution in [-0.2, 0) is 0 Å². The van der Waals surface area contributed by atoms with Crippen molar-refractivity contribution in [1.82, 2.24) is 20.0 Å². The van der Waals surface area contributed by atoms with Crippen molar-refractivity contribution < 1.29 is 9.59 Å². The maximum Gasteiger partial charge on any atom is 0.329 e. The van der Waals surface area contributed by atoms with Gasteiger partial charge in [0.2, 0.25) is 0 Å². The number of carbonyl (C=O) groups excluding carboxylic acids is 2. The van der Waals surface area contributed by atoms with E-state index < -0.39 is 0 Å². The Labute approximate surface area is 182 Å². The topological polar surface area (TPSA) is 72.5 Å². The third-order valence-corrected chi connectivity index (χ3v) is 5.63. The van der Waals surface area contributed by atoms with Crippen molar-refractivity contribution in [3.63, 3.8) is 0 Å². The second-order valence-electron chi connectivity index (χ2n) is 7.97. The van der Waals surface area contributed by atoms with E-state index in [-0.39, 0.29) is 17.9 Å². The number of amides is 3. The number of H-pyrrole nitrogens is 1. The Bertz CT molecular complexity index is 993. The Hall–Kier alpha value is -3.61. The van der Waals surface area contributed by atoms with Crippen LogP contribution >= 0.6 is 0 Å². The van der Waals surface area contributed by atoms with E-state index in [0.717, 1.165) is 29.9 Å². The Morgan fingerprint density at radius 1 is 1.00 bits per heavy atom. The summed E-state index contributed by atoms with van der Waals surface area (Å²) in [5.41, 5.74) is 3.03. The summed E-state index contributed by atoms with van der Waals surface area (Å²) in [4.78, 5) is 31.4. The Morgan fingerprint density at radius 2 is 1.61 bits per heavy atom. The predicted octanol–water partition coefficient (Wildman–Crippen LogP) is 4.25. The summed E-state index contributed by atoms with van der Waals surface area (Å²) in [6, 6.07) is 19.3. The summed E-state index contributed by atoms with van der Waals surface area (Å²) in [5.74, 6) is -0.0464. The quantitative estimate of drug-likeness (QED) is 0.690. The number of nitrogens with zero attached hydrogens (tertiary/aromatic N) is 4. The van der Waals surface area contributed by atoms with Crippen LogP contribution in [0.4, 0.5) is 16.2 Å². The molecular weight excluding hydrogens is 390 g/mol. The first kappa shape index (κ1) is 20.7. The zero-order valence-electron chi connectivity index (χ0n) is 17.9. The highest BCUT2D eigenvalue weighted by Gasteiger charge is 2.32. The largest absolute Gasteiger partial charge is 0.345 e. The van der Waals surface area contributed by atoms with Gasteiger partial charge in [0, 0.05) is 33.1 Å². The van der Waals surface area contributed by atoms with Gasteiger partial charge >= 0.3 is 6.03 Å². The normalized spacial score (nSPS) is 16.1. The van der Waals surface area contributed by atoms with Crippen LogP contribution in [-0.4, -0.2) is 59.1 Å². The van der Waals surface area contributed by atoms with Crippen LogP contribution in [0, 0.1) is 0 Å². The number of piperidine rings is 1. The average molecular weight is 418 g/mol. The molecule has 7 nitrogen and oxygen atoms in total. The van der Waals surface area contributed by atoms with Crippen molar-refractivity contribution >= 4 is 23.3 Å². The second kappa shape index (κ2) is 9.04. The summed E-state index contributed by atoms with van der Waals surface area (Å²) in [5, 5.41) is 7.13. The fourth-order valence-corrected chi connectivity index (χ4v) is 4.07. The maximum absolute atomic E-state index is 13.7. The van der Waals surface area contributed by atoms with Gasteiger partial charge in [0.15, 0.2) is 0 Å². The highest BCUT2D eigenvalue weighted by atomic mass is 16.2. The van der Waals surface area contributed by atoms with Gasteiger partial charge in [-0.25, -0.2) is 4.79 Å². The first-order valence-corrected chi connectivity index (χ1v) is 10.5. The van der Waals surface area contributed by atoms with Crippen molar-refractivity contribution in [2.45, 2.75) is 18.8 Å². The first-order valence-electron chi connectivity index (χ1n) is 10.5. The molecule has 1 aliphatic heterocycles. The lowest BCUT2D eigenvalue weighted by atomic mass is 9.92. The molecule has 1 aromatic heterocycles. The smallest absolute Gasteiger partial charge is 0.329 e. The van der Waals surface area contributed by atoms with Crippen LogP contribution in [0.1, 0.15) is 34.8 Å². The number of likely N-dealkylation sites (tertiary alicyclic amines) is 1. The third-order valence-electron chi connectivity index (χ3n) is 5.63. The standard InChI is InChI=1S/C24H27N5O2/c1-27(2)23(30)21-16-25-26-22(21)18-10-9-15-28(17-18)24(31)29(19-11-5-3-6-12-19)20-13-7-4-8-14-20/h3-8,11-14,16,18H,9-10,15,17H2,1-2H3,(H,25,26). The van der Waals surface area contributed by atoms with Crippen LogP contribution in [0.15, 0.2) is 66.9 Å². The minimum atomic E-state index is -0.0811. The van der Waals surface area contributed by atoms with E-state index >= 15 is 0 Å². The van der Waals surface area contributed by atoms with Crippen molar-refractivity contribution in [1.29, 1.82) is 0 Å². The highest BCUT2D eigenvalue weighted by Crippen LogP contribution is 2.32. The number of aromatic nitrogens is 2. The number of anilines is 2. The van der Waals surface area contributed by atoms with Gasteiger partial charge in [0.05, 0.1) is 28.8 Å². The van der Waals surface area contributed by atoms with Crippen molar-refractivity contribution in [2.75, 3.05) is 32.1 Å². The van der Waals surface area contributed by atoms with Crippen molar-refractivity contribution in [3.05, 3.63) is 78.1 Å². The average Bonchev–Trinajstić information content (AvgIpc) is 3.30. The minimum Gasteiger partial charge on any atom is -0.345 e. The molecule has 0 aliphatic carbocycles. The van der Waals surface area contributed by atoms with Gasteiger partial charge < -0.3 is 9.80 Å². The number of carbonyl (C=O) groups is 2. The molecular formula is C24H27N5O2. The molecule has 2 aromatic carbocycles. The van der Waals surface area contributed by atoms with Gasteiger partial charge in [-0.05, 0) is 37.1 Å². The lowest BCUT2D eigenvalue weighted by Gasteiger charge is -2.36. The van der Waals surface area contributed by atoms with Crippen LogP contribution in [0.5, 0.6) is 0 Å². The molecule has 0 saturated carbocycles. The number of nitrogens with one attached hydrogen (secondary N) is 1. The lowest BCUT2D eigenvalue weighted by Crippen LogP contribution is -2.45. The minimum absolute atomic E-state index is 0.0347. The predicted molar refractivity (Wildman–Crippen MR) is 121 cm³/mol. The number of urea groups is 1. The van der Waals surface area contributed by atoms with Crippen molar-refractivity contribution in [2.24, 2.45) is 0 Å². The summed E-state index contributed by atoms with van der Waals surface area (Å²) in [6.07, 6.45) is 3.34. The fraction of sp³-hybridized carbons (Fsp3) is 0.292. The van der Waals surface area contributed by atoms with Gasteiger partial charge in [-0.2, -0.15) is 5.10 Å². The number of hydrogen-bond donors (Lipinski definition) is 1. The molecule has 4 rings (SSSR count). The van der Waals surface area contributed by atoms with E-state index in [2.05, 4.69) is 10.2 Å². The van der Waals surface area contributed by atoms with Gasteiger partial charge in [-0.3, -0.25) is 14.8 Å². The fourth-order valence-electron chi connectivity index (χ4n) is 4.07. The summed E-state index contributed by atoms with van der Waals surface area (Å²) in [7, 11) is 3.46. The van der Waals surface area contributed by atoms with E-state index in [1.807, 2.05) is 65.6 Å². The molecule has 3 amide bonds. The van der Waals surface area contributed by atoms with Gasteiger partial charge in [-0.1, -0.05) is 36.4 Å². The van der Waals surface area contributed by atoms with Crippen molar-refractivity contribution in [3.8, 4) is 0 Å². The molecule has 0 radical (unpaired) electrons. The Morgan fingerprint density at radius 3 is 2.19 bits per heavy atom. The highest BCUT2D eigenvalue weighted by molar-refractivity contribution is 5.99. The van der Waals surface area contributed by atoms with E-state index in [9.17, 15) is 9.59 Å². The molecule has 160 valence electrons. The van der Waals surface area contributed by atoms with Gasteiger partial charge in [0.1, 0.15) is 0 Å². The molecule has 1 atom stereocenters. The SMILES string of the molecule is CN(C)C(=O)c1cn[nH]c1C1CCCN(C(=O)N(c2ccccc2)c2ccccc2)C1. The number of hydrogen-bond acceptors (Lipinski definition) is 3. The van der Waals surface area contributed by atoms with Crippen LogP contribution in [0.3, 0.4) is 0 Å². The molecule has 1 aliphatic rings. The monoisotopic (exact) mass is 417 g/mol. The molecule has 3 aromatic rings. The summed E-state index contributed by atoms with van der Waals surface area (Å²) < 4.78 is 0. The number of rotatable bonds is 4. The maximum atomic E-state index is 13.7. The molecule has 1 unspecified atom stereocenters. The molecule has 1 N–H and O–H groups in total. The Balaban J connectivity index is 1.61. The molecule has 0 spiro atoms. The van der Waals surface area contributed by atoms with E-state index in [1.54, 1.807) is 30.1 Å². The van der Waals surface area contributed by atoms with E-state index in [4.69, 9.17) is 0 Å². The van der Waals surface area contributed by atoms with E-state index in [0.29, 0.717) is 18.7 Å². The van der Waals surface area contributed by atoms with Crippen LogP contribution in [0.25, 0.3) is 0 Å². The number of aromatic amines is 1.